The molecule has 1 saturated heterocycles. The van der Waals surface area contributed by atoms with Gasteiger partial charge in [0, 0.05) is 35.8 Å². The van der Waals surface area contributed by atoms with Gasteiger partial charge in [0.15, 0.2) is 5.65 Å². The molecule has 27 heavy (non-hydrogen) atoms. The fraction of sp³-hybridized carbons (Fsp3) is 0.476. The van der Waals surface area contributed by atoms with Crippen molar-refractivity contribution >= 4 is 22.5 Å². The molecule has 2 N–H and O–H groups in total. The summed E-state index contributed by atoms with van der Waals surface area (Å²) in [6.45, 7) is 7.65. The second-order valence-electron chi connectivity index (χ2n) is 7.75. The van der Waals surface area contributed by atoms with Crippen molar-refractivity contribution in [3.63, 3.8) is 0 Å². The number of fused-ring (bicyclic) bond motifs is 3. The molecule has 6 heteroatoms. The predicted octanol–water partition coefficient (Wildman–Crippen LogP) is 2.63. The average Bonchev–Trinajstić information content (AvgIpc) is 3.22. The first kappa shape index (κ1) is 17.9. The number of carbonyl (C=O) groups is 1. The number of hydrogen-bond acceptors (Lipinski definition) is 4. The van der Waals surface area contributed by atoms with Crippen LogP contribution in [0.25, 0.3) is 16.6 Å². The number of nitrogens with zero attached hydrogens (tertiary/aromatic N) is 4. The molecule has 2 aromatic heterocycles. The molecule has 0 radical (unpaired) electrons. The zero-order valence-corrected chi connectivity index (χ0v) is 16.3. The highest BCUT2D eigenvalue weighted by Crippen LogP contribution is 2.25. The summed E-state index contributed by atoms with van der Waals surface area (Å²) in [5.74, 6) is 0.643. The van der Waals surface area contributed by atoms with Gasteiger partial charge in [0.2, 0.25) is 5.91 Å². The SMILES string of the molecule is Cc1nc2c3ccccc3nn2c(C)c1CCC(=O)N1CC(CN)CC1C. The molecule has 0 aliphatic carbocycles. The Balaban J connectivity index is 1.59. The molecule has 1 aliphatic heterocycles. The lowest BCUT2D eigenvalue weighted by atomic mass is 10.1. The maximum atomic E-state index is 12.8. The summed E-state index contributed by atoms with van der Waals surface area (Å²) in [5, 5.41) is 5.76. The first-order chi connectivity index (χ1) is 13.0. The van der Waals surface area contributed by atoms with E-state index in [1.165, 1.54) is 0 Å². The number of nitrogens with two attached hydrogens (primary N) is 1. The third kappa shape index (κ3) is 3.08. The summed E-state index contributed by atoms with van der Waals surface area (Å²) >= 11 is 0. The van der Waals surface area contributed by atoms with Crippen molar-refractivity contribution in [1.82, 2.24) is 19.5 Å². The minimum Gasteiger partial charge on any atom is -0.340 e. The molecule has 4 rings (SSSR count). The van der Waals surface area contributed by atoms with Gasteiger partial charge >= 0.3 is 0 Å². The number of benzene rings is 1. The zero-order valence-electron chi connectivity index (χ0n) is 16.3. The largest absolute Gasteiger partial charge is 0.340 e. The van der Waals surface area contributed by atoms with Gasteiger partial charge in [0.1, 0.15) is 0 Å². The second kappa shape index (κ2) is 6.93. The third-order valence-corrected chi connectivity index (χ3v) is 5.92. The Kier molecular flexibility index (Phi) is 4.60. The lowest BCUT2D eigenvalue weighted by Crippen LogP contribution is -2.34. The number of amides is 1. The van der Waals surface area contributed by atoms with E-state index < -0.39 is 0 Å². The second-order valence-corrected chi connectivity index (χ2v) is 7.75. The fourth-order valence-corrected chi connectivity index (χ4v) is 4.37. The lowest BCUT2D eigenvalue weighted by Gasteiger charge is -2.22. The summed E-state index contributed by atoms with van der Waals surface area (Å²) < 4.78 is 1.92. The molecule has 6 nitrogen and oxygen atoms in total. The molecule has 3 heterocycles. The van der Waals surface area contributed by atoms with Crippen molar-refractivity contribution in [2.75, 3.05) is 13.1 Å². The maximum Gasteiger partial charge on any atom is 0.223 e. The smallest absolute Gasteiger partial charge is 0.223 e. The van der Waals surface area contributed by atoms with Crippen LogP contribution in [0.1, 0.15) is 36.7 Å². The molecule has 142 valence electrons. The molecular weight excluding hydrogens is 338 g/mol. The van der Waals surface area contributed by atoms with Gasteiger partial charge < -0.3 is 10.6 Å². The molecule has 1 aliphatic rings. The maximum absolute atomic E-state index is 12.8. The number of likely N-dealkylation sites (tertiary alicyclic amines) is 1. The van der Waals surface area contributed by atoms with E-state index in [4.69, 9.17) is 15.8 Å². The van der Waals surface area contributed by atoms with Crippen molar-refractivity contribution in [1.29, 1.82) is 0 Å². The topological polar surface area (TPSA) is 76.5 Å². The highest BCUT2D eigenvalue weighted by atomic mass is 16.2. The Hall–Kier alpha value is -2.47. The monoisotopic (exact) mass is 365 g/mol. The van der Waals surface area contributed by atoms with E-state index in [1.807, 2.05) is 34.5 Å². The van der Waals surface area contributed by atoms with E-state index in [1.54, 1.807) is 0 Å². The summed E-state index contributed by atoms with van der Waals surface area (Å²) in [7, 11) is 0. The van der Waals surface area contributed by atoms with Crippen molar-refractivity contribution < 1.29 is 4.79 Å². The van der Waals surface area contributed by atoms with Crippen molar-refractivity contribution in [2.24, 2.45) is 11.7 Å². The van der Waals surface area contributed by atoms with Crippen LogP contribution in [-0.4, -0.2) is 44.5 Å². The molecular formula is C21H27N5O. The summed E-state index contributed by atoms with van der Waals surface area (Å²) in [4.78, 5) is 19.6. The predicted molar refractivity (Wildman–Crippen MR) is 107 cm³/mol. The number of hydrogen-bond donors (Lipinski definition) is 1. The van der Waals surface area contributed by atoms with Gasteiger partial charge in [-0.3, -0.25) is 4.79 Å². The van der Waals surface area contributed by atoms with Crippen LogP contribution in [0.15, 0.2) is 24.3 Å². The fourth-order valence-electron chi connectivity index (χ4n) is 4.37. The van der Waals surface area contributed by atoms with Gasteiger partial charge in [0.25, 0.3) is 0 Å². The first-order valence-electron chi connectivity index (χ1n) is 9.72. The Morgan fingerprint density at radius 2 is 2.07 bits per heavy atom. The molecule has 3 aromatic rings. The van der Waals surface area contributed by atoms with Gasteiger partial charge in [-0.25, -0.2) is 9.50 Å². The van der Waals surface area contributed by atoms with Crippen LogP contribution in [0.4, 0.5) is 0 Å². The van der Waals surface area contributed by atoms with E-state index in [0.717, 1.165) is 46.5 Å². The van der Waals surface area contributed by atoms with Gasteiger partial charge in [-0.2, -0.15) is 5.10 Å². The van der Waals surface area contributed by atoms with E-state index in [2.05, 4.69) is 19.9 Å². The Morgan fingerprint density at radius 1 is 1.30 bits per heavy atom. The number of carbonyl (C=O) groups excluding carboxylic acids is 1. The minimum absolute atomic E-state index is 0.211. The van der Waals surface area contributed by atoms with Crippen LogP contribution in [0.3, 0.4) is 0 Å². The van der Waals surface area contributed by atoms with Crippen LogP contribution in [-0.2, 0) is 11.2 Å². The molecule has 1 aromatic carbocycles. The highest BCUT2D eigenvalue weighted by Gasteiger charge is 2.31. The Bertz CT molecular complexity index is 1010. The molecule has 0 bridgehead atoms. The standard InChI is InChI=1S/C21H27N5O/c1-13-10-16(11-22)12-25(13)20(27)9-8-17-14(2)23-21-18-6-4-5-7-19(18)24-26(21)15(17)3/h4-7,13,16H,8-12,22H2,1-3H3. The molecule has 1 fully saturated rings. The third-order valence-electron chi connectivity index (χ3n) is 5.92. The van der Waals surface area contributed by atoms with Gasteiger partial charge in [-0.1, -0.05) is 12.1 Å². The van der Waals surface area contributed by atoms with Gasteiger partial charge in [-0.05, 0) is 63.8 Å². The average molecular weight is 365 g/mol. The quantitative estimate of drug-likeness (QED) is 0.771. The highest BCUT2D eigenvalue weighted by molar-refractivity contribution is 5.92. The number of aryl methyl sites for hydroxylation is 2. The van der Waals surface area contributed by atoms with Crippen LogP contribution < -0.4 is 5.73 Å². The first-order valence-corrected chi connectivity index (χ1v) is 9.72. The van der Waals surface area contributed by atoms with E-state index in [-0.39, 0.29) is 11.9 Å². The summed E-state index contributed by atoms with van der Waals surface area (Å²) in [6.07, 6.45) is 2.19. The van der Waals surface area contributed by atoms with Crippen molar-refractivity contribution in [2.45, 2.75) is 46.1 Å². The van der Waals surface area contributed by atoms with Crippen LogP contribution in [0, 0.1) is 19.8 Å². The minimum atomic E-state index is 0.211. The Labute approximate surface area is 159 Å². The van der Waals surface area contributed by atoms with Crippen LogP contribution in [0.2, 0.25) is 0 Å². The number of rotatable bonds is 4. The van der Waals surface area contributed by atoms with E-state index in [0.29, 0.717) is 25.3 Å². The van der Waals surface area contributed by atoms with Gasteiger partial charge in [0.05, 0.1) is 5.52 Å². The zero-order chi connectivity index (χ0) is 19.1. The number of aromatic nitrogens is 3. The lowest BCUT2D eigenvalue weighted by molar-refractivity contribution is -0.131. The van der Waals surface area contributed by atoms with Crippen LogP contribution >= 0.6 is 0 Å². The van der Waals surface area contributed by atoms with Crippen LogP contribution in [0.5, 0.6) is 0 Å². The van der Waals surface area contributed by atoms with Gasteiger partial charge in [-0.15, -0.1) is 0 Å². The Morgan fingerprint density at radius 3 is 2.81 bits per heavy atom. The summed E-state index contributed by atoms with van der Waals surface area (Å²) in [5.41, 5.74) is 10.8. The van der Waals surface area contributed by atoms with Crippen molar-refractivity contribution in [3.8, 4) is 0 Å². The molecule has 2 atom stereocenters. The van der Waals surface area contributed by atoms with Crippen molar-refractivity contribution in [3.05, 3.63) is 41.2 Å². The van der Waals surface area contributed by atoms with E-state index in [9.17, 15) is 4.79 Å². The molecule has 2 unspecified atom stereocenters. The molecule has 1 amide bonds. The summed E-state index contributed by atoms with van der Waals surface area (Å²) in [6, 6.07) is 8.34. The van der Waals surface area contributed by atoms with E-state index >= 15 is 0 Å². The molecule has 0 spiro atoms. The molecule has 0 saturated carbocycles. The normalized spacial score (nSPS) is 20.1.